The molecule has 0 atom stereocenters. The molecule has 0 amide bonds. The Bertz CT molecular complexity index is 672. The van der Waals surface area contributed by atoms with Crippen molar-refractivity contribution in [3.63, 3.8) is 0 Å². The fourth-order valence-corrected chi connectivity index (χ4v) is 1.64. The van der Waals surface area contributed by atoms with Crippen molar-refractivity contribution in [2.24, 2.45) is 10.9 Å². The van der Waals surface area contributed by atoms with Crippen molar-refractivity contribution in [3.05, 3.63) is 53.9 Å². The van der Waals surface area contributed by atoms with Crippen molar-refractivity contribution in [1.82, 2.24) is 4.98 Å². The van der Waals surface area contributed by atoms with Crippen LogP contribution in [0.2, 0.25) is 0 Å². The summed E-state index contributed by atoms with van der Waals surface area (Å²) in [5.74, 6) is -0.744. The van der Waals surface area contributed by atoms with Crippen LogP contribution in [0.3, 0.4) is 0 Å². The lowest BCUT2D eigenvalue weighted by Crippen LogP contribution is -2.15. The predicted octanol–water partition coefficient (Wildman–Crippen LogP) is 2.99. The van der Waals surface area contributed by atoms with Crippen LogP contribution in [0.25, 0.3) is 0 Å². The minimum absolute atomic E-state index is 0.0514. The van der Waals surface area contributed by atoms with Crippen LogP contribution in [-0.2, 0) is 6.18 Å². The SMILES string of the molecule is N/C(=N/O)c1ccncc1Oc1ccccc1C(F)(F)F. The van der Waals surface area contributed by atoms with Crippen molar-refractivity contribution in [1.29, 1.82) is 0 Å². The Hall–Kier alpha value is -2.77. The first-order valence-electron chi connectivity index (χ1n) is 5.69. The summed E-state index contributed by atoms with van der Waals surface area (Å²) < 4.78 is 43.9. The van der Waals surface area contributed by atoms with Crippen LogP contribution in [-0.4, -0.2) is 16.0 Å². The smallest absolute Gasteiger partial charge is 0.419 e. The molecule has 0 spiro atoms. The van der Waals surface area contributed by atoms with E-state index in [0.29, 0.717) is 0 Å². The number of rotatable bonds is 3. The summed E-state index contributed by atoms with van der Waals surface area (Å²) in [6.45, 7) is 0. The zero-order valence-corrected chi connectivity index (χ0v) is 10.5. The first-order valence-corrected chi connectivity index (χ1v) is 5.69. The molecule has 0 unspecified atom stereocenters. The zero-order chi connectivity index (χ0) is 15.5. The maximum absolute atomic E-state index is 12.9. The van der Waals surface area contributed by atoms with Gasteiger partial charge in [0.05, 0.1) is 17.3 Å². The molecule has 0 aliphatic rings. The van der Waals surface area contributed by atoms with Gasteiger partial charge in [-0.05, 0) is 18.2 Å². The lowest BCUT2D eigenvalue weighted by atomic mass is 10.2. The highest BCUT2D eigenvalue weighted by Gasteiger charge is 2.34. The van der Waals surface area contributed by atoms with E-state index in [9.17, 15) is 13.2 Å². The summed E-state index contributed by atoms with van der Waals surface area (Å²) in [7, 11) is 0. The van der Waals surface area contributed by atoms with Gasteiger partial charge in [0.2, 0.25) is 0 Å². The molecule has 0 aliphatic carbocycles. The molecule has 0 radical (unpaired) electrons. The van der Waals surface area contributed by atoms with Gasteiger partial charge in [-0.1, -0.05) is 17.3 Å². The highest BCUT2D eigenvalue weighted by Crippen LogP contribution is 2.38. The van der Waals surface area contributed by atoms with E-state index in [1.807, 2.05) is 0 Å². The maximum atomic E-state index is 12.9. The molecule has 0 bridgehead atoms. The molecule has 0 saturated carbocycles. The lowest BCUT2D eigenvalue weighted by molar-refractivity contribution is -0.138. The zero-order valence-electron chi connectivity index (χ0n) is 10.5. The third kappa shape index (κ3) is 3.22. The van der Waals surface area contributed by atoms with E-state index >= 15 is 0 Å². The number of hydrogen-bond donors (Lipinski definition) is 2. The summed E-state index contributed by atoms with van der Waals surface area (Å²) in [6.07, 6.45) is -2.04. The molecule has 2 rings (SSSR count). The molecule has 1 heterocycles. The topological polar surface area (TPSA) is 80.7 Å². The largest absolute Gasteiger partial charge is 0.454 e. The van der Waals surface area contributed by atoms with Crippen molar-refractivity contribution < 1.29 is 23.1 Å². The second kappa shape index (κ2) is 5.70. The van der Waals surface area contributed by atoms with Gasteiger partial charge >= 0.3 is 6.18 Å². The summed E-state index contributed by atoms with van der Waals surface area (Å²) >= 11 is 0. The van der Waals surface area contributed by atoms with Gasteiger partial charge in [-0.25, -0.2) is 0 Å². The van der Waals surface area contributed by atoms with Crippen LogP contribution in [0, 0.1) is 0 Å². The number of pyridine rings is 1. The predicted molar refractivity (Wildman–Crippen MR) is 68.3 cm³/mol. The number of nitrogens with zero attached hydrogens (tertiary/aromatic N) is 2. The van der Waals surface area contributed by atoms with Crippen LogP contribution < -0.4 is 10.5 Å². The van der Waals surface area contributed by atoms with E-state index in [-0.39, 0.29) is 17.1 Å². The quantitative estimate of drug-likeness (QED) is 0.395. The van der Waals surface area contributed by atoms with Gasteiger partial charge in [0.1, 0.15) is 5.75 Å². The summed E-state index contributed by atoms with van der Waals surface area (Å²) in [5.41, 5.74) is 4.64. The van der Waals surface area contributed by atoms with E-state index in [2.05, 4.69) is 10.1 Å². The van der Waals surface area contributed by atoms with Crippen LogP contribution >= 0.6 is 0 Å². The Balaban J connectivity index is 2.45. The van der Waals surface area contributed by atoms with Gasteiger partial charge in [-0.15, -0.1) is 0 Å². The summed E-state index contributed by atoms with van der Waals surface area (Å²) in [5, 5.41) is 11.5. The molecular weight excluding hydrogens is 287 g/mol. The Labute approximate surface area is 117 Å². The Kier molecular flexibility index (Phi) is 3.97. The third-order valence-corrected chi connectivity index (χ3v) is 2.58. The number of oxime groups is 1. The molecule has 5 nitrogen and oxygen atoms in total. The number of para-hydroxylation sites is 1. The van der Waals surface area contributed by atoms with Crippen molar-refractivity contribution >= 4 is 5.84 Å². The fraction of sp³-hybridized carbons (Fsp3) is 0.0769. The molecule has 8 heteroatoms. The fourth-order valence-electron chi connectivity index (χ4n) is 1.64. The summed E-state index contributed by atoms with van der Waals surface area (Å²) in [6, 6.07) is 6.09. The molecule has 0 saturated heterocycles. The van der Waals surface area contributed by atoms with Gasteiger partial charge in [-0.3, -0.25) is 4.98 Å². The van der Waals surface area contributed by atoms with Crippen molar-refractivity contribution in [2.45, 2.75) is 6.18 Å². The number of benzene rings is 1. The highest BCUT2D eigenvalue weighted by atomic mass is 19.4. The number of aromatic nitrogens is 1. The van der Waals surface area contributed by atoms with Crippen molar-refractivity contribution in [3.8, 4) is 11.5 Å². The van der Waals surface area contributed by atoms with Gasteiger partial charge in [0.25, 0.3) is 0 Å². The molecule has 110 valence electrons. The van der Waals surface area contributed by atoms with Gasteiger partial charge in [-0.2, -0.15) is 13.2 Å². The third-order valence-electron chi connectivity index (χ3n) is 2.58. The molecule has 0 fully saturated rings. The Morgan fingerprint density at radius 2 is 1.90 bits per heavy atom. The van der Waals surface area contributed by atoms with E-state index in [0.717, 1.165) is 6.07 Å². The molecule has 1 aromatic heterocycles. The minimum Gasteiger partial charge on any atom is -0.454 e. The first kappa shape index (κ1) is 14.6. The molecule has 1 aromatic carbocycles. The van der Waals surface area contributed by atoms with Crippen molar-refractivity contribution in [2.75, 3.05) is 0 Å². The van der Waals surface area contributed by atoms with E-state index in [4.69, 9.17) is 15.7 Å². The van der Waals surface area contributed by atoms with E-state index < -0.39 is 17.5 Å². The monoisotopic (exact) mass is 297 g/mol. The molecule has 0 aliphatic heterocycles. The van der Waals surface area contributed by atoms with E-state index in [1.54, 1.807) is 0 Å². The van der Waals surface area contributed by atoms with Crippen LogP contribution in [0.15, 0.2) is 47.9 Å². The normalized spacial score (nSPS) is 12.2. The number of alkyl halides is 3. The average molecular weight is 297 g/mol. The number of halogens is 3. The lowest BCUT2D eigenvalue weighted by Gasteiger charge is -2.14. The Morgan fingerprint density at radius 3 is 2.57 bits per heavy atom. The standard InChI is InChI=1S/C13H10F3N3O2/c14-13(15,16)9-3-1-2-4-10(9)21-11-7-18-6-5-8(11)12(17)19-20/h1-7,20H,(H2,17,19). The number of hydrogen-bond acceptors (Lipinski definition) is 4. The molecular formula is C13H10F3N3O2. The first-order chi connectivity index (χ1) is 9.93. The second-order valence-corrected chi connectivity index (χ2v) is 3.95. The van der Waals surface area contributed by atoms with Gasteiger partial charge in [0.15, 0.2) is 11.6 Å². The molecule has 2 aromatic rings. The average Bonchev–Trinajstić information content (AvgIpc) is 2.46. The minimum atomic E-state index is -4.56. The summed E-state index contributed by atoms with van der Waals surface area (Å²) in [4.78, 5) is 3.75. The van der Waals surface area contributed by atoms with Crippen LogP contribution in [0.1, 0.15) is 11.1 Å². The van der Waals surface area contributed by atoms with Crippen LogP contribution in [0.4, 0.5) is 13.2 Å². The molecule has 3 N–H and O–H groups in total. The van der Waals surface area contributed by atoms with Gasteiger partial charge in [0, 0.05) is 6.20 Å². The highest BCUT2D eigenvalue weighted by molar-refractivity contribution is 5.99. The Morgan fingerprint density at radius 1 is 1.19 bits per heavy atom. The number of nitrogens with two attached hydrogens (primary N) is 1. The number of ether oxygens (including phenoxy) is 1. The second-order valence-electron chi connectivity index (χ2n) is 3.95. The van der Waals surface area contributed by atoms with Crippen LogP contribution in [0.5, 0.6) is 11.5 Å². The number of amidine groups is 1. The van der Waals surface area contributed by atoms with E-state index in [1.165, 1.54) is 36.7 Å². The maximum Gasteiger partial charge on any atom is 0.419 e. The molecule has 21 heavy (non-hydrogen) atoms. The van der Waals surface area contributed by atoms with Gasteiger partial charge < -0.3 is 15.7 Å².